The molecule has 0 aliphatic rings. The molecular weight excluding hydrogens is 528 g/mol. The Hall–Kier alpha value is -5.46. The minimum absolute atomic E-state index is 1.25. The van der Waals surface area contributed by atoms with Gasteiger partial charge in [0, 0.05) is 0 Å². The maximum Gasteiger partial charge on any atom is -0.00296 e. The van der Waals surface area contributed by atoms with Gasteiger partial charge in [-0.1, -0.05) is 140 Å². The molecule has 0 saturated carbocycles. The molecule has 0 amide bonds. The Labute approximate surface area is 258 Å². The fourth-order valence-corrected chi connectivity index (χ4v) is 7.04. The predicted octanol–water partition coefficient (Wildman–Crippen LogP) is 12.6. The van der Waals surface area contributed by atoms with Crippen LogP contribution in [0.25, 0.3) is 82.5 Å². The van der Waals surface area contributed by atoms with Gasteiger partial charge in [0.1, 0.15) is 0 Å². The van der Waals surface area contributed by atoms with Crippen LogP contribution in [0, 0.1) is 6.92 Å². The Morgan fingerprint density at radius 1 is 0.409 bits per heavy atom. The summed E-state index contributed by atoms with van der Waals surface area (Å²) in [5.74, 6) is 0. The maximum atomic E-state index is 2.37. The second-order valence-corrected chi connectivity index (χ2v) is 11.7. The monoisotopic (exact) mass is 560 g/mol. The van der Waals surface area contributed by atoms with Gasteiger partial charge in [-0.15, -0.1) is 0 Å². The first-order chi connectivity index (χ1) is 21.7. The lowest BCUT2D eigenvalue weighted by Crippen LogP contribution is -1.96. The molecule has 44 heavy (non-hydrogen) atoms. The smallest absolute Gasteiger partial charge is 0.00296 e. The molecule has 0 bridgehead atoms. The van der Waals surface area contributed by atoms with E-state index >= 15 is 0 Å². The van der Waals surface area contributed by atoms with E-state index < -0.39 is 0 Å². The molecule has 0 N–H and O–H groups in total. The van der Waals surface area contributed by atoms with E-state index in [2.05, 4.69) is 172 Å². The van der Waals surface area contributed by atoms with E-state index in [0.29, 0.717) is 0 Å². The van der Waals surface area contributed by atoms with Crippen molar-refractivity contribution in [3.63, 3.8) is 0 Å². The van der Waals surface area contributed by atoms with Crippen LogP contribution in [-0.4, -0.2) is 0 Å². The van der Waals surface area contributed by atoms with Crippen LogP contribution >= 0.6 is 0 Å². The number of rotatable bonds is 4. The highest BCUT2D eigenvalue weighted by molar-refractivity contribution is 6.11. The highest BCUT2D eigenvalue weighted by Crippen LogP contribution is 2.43. The van der Waals surface area contributed by atoms with E-state index in [0.717, 1.165) is 0 Å². The summed E-state index contributed by atoms with van der Waals surface area (Å²) in [5.41, 5.74) is 10.2. The van der Waals surface area contributed by atoms with E-state index in [9.17, 15) is 0 Å². The van der Waals surface area contributed by atoms with Crippen LogP contribution in [0.2, 0.25) is 0 Å². The first kappa shape index (κ1) is 26.2. The summed E-state index contributed by atoms with van der Waals surface area (Å²) < 4.78 is 0. The third-order valence-corrected chi connectivity index (χ3v) is 9.12. The van der Waals surface area contributed by atoms with Crippen molar-refractivity contribution >= 4 is 49.2 Å². The Balaban J connectivity index is 1.32. The maximum absolute atomic E-state index is 2.37. The van der Waals surface area contributed by atoms with Gasteiger partial charge in [-0.2, -0.15) is 0 Å². The van der Waals surface area contributed by atoms with Gasteiger partial charge in [0.2, 0.25) is 0 Å². The van der Waals surface area contributed by atoms with E-state index in [-0.39, 0.29) is 0 Å². The van der Waals surface area contributed by atoms with Crippen molar-refractivity contribution in [2.45, 2.75) is 13.8 Å². The van der Waals surface area contributed by atoms with Crippen LogP contribution in [-0.2, 0) is 0 Å². The Morgan fingerprint density at radius 3 is 1.64 bits per heavy atom. The van der Waals surface area contributed by atoms with E-state index in [1.54, 1.807) is 0 Å². The third-order valence-electron chi connectivity index (χ3n) is 9.12. The van der Waals surface area contributed by atoms with Crippen molar-refractivity contribution < 1.29 is 0 Å². The molecule has 0 fully saturated rings. The lowest BCUT2D eigenvalue weighted by Gasteiger charge is -2.20. The number of hydrogen-bond acceptors (Lipinski definition) is 0. The summed E-state index contributed by atoms with van der Waals surface area (Å²) in [6, 6.07) is 53.4. The molecular formula is C44H32. The van der Waals surface area contributed by atoms with Gasteiger partial charge in [-0.25, -0.2) is 0 Å². The minimum atomic E-state index is 1.25. The molecule has 0 radical (unpaired) electrons. The van der Waals surface area contributed by atoms with Crippen molar-refractivity contribution in [1.29, 1.82) is 0 Å². The average molecular weight is 561 g/mol. The van der Waals surface area contributed by atoms with Crippen molar-refractivity contribution in [2.24, 2.45) is 0 Å². The molecule has 8 aromatic carbocycles. The lowest BCUT2D eigenvalue weighted by atomic mass is 9.83. The summed E-state index contributed by atoms with van der Waals surface area (Å²) in [6.45, 7) is 4.40. The van der Waals surface area contributed by atoms with Crippen molar-refractivity contribution in [2.75, 3.05) is 0 Å². The fourth-order valence-electron chi connectivity index (χ4n) is 7.04. The molecule has 0 saturated heterocycles. The standard InChI is InChI=1S/C44H32/c1-3-11-38-29(2)43(41-17-8-9-18-42(41)44(38)37-24-20-30-12-4-5-14-32(30)27-37)36-25-22-33-26-35(23-21-34(33)28-36)40-19-10-15-31-13-6-7-16-39(31)40/h3-28H,1-2H3/b11-3-. The zero-order valence-corrected chi connectivity index (χ0v) is 25.0. The number of benzene rings is 8. The zero-order valence-electron chi connectivity index (χ0n) is 25.0. The summed E-state index contributed by atoms with van der Waals surface area (Å²) in [4.78, 5) is 0. The molecule has 0 spiro atoms. The van der Waals surface area contributed by atoms with Crippen LogP contribution in [0.15, 0.2) is 152 Å². The molecule has 208 valence electrons. The topological polar surface area (TPSA) is 0 Å². The molecule has 0 heterocycles. The molecule has 0 aliphatic carbocycles. The van der Waals surface area contributed by atoms with Gasteiger partial charge in [-0.3, -0.25) is 0 Å². The molecule has 0 aliphatic heterocycles. The summed E-state index contributed by atoms with van der Waals surface area (Å²) in [6.07, 6.45) is 4.45. The first-order valence-corrected chi connectivity index (χ1v) is 15.4. The fraction of sp³-hybridized carbons (Fsp3) is 0.0455. The Bertz CT molecular complexity index is 2400. The van der Waals surface area contributed by atoms with Gasteiger partial charge in [0.15, 0.2) is 0 Å². The number of allylic oxidation sites excluding steroid dienone is 1. The quantitative estimate of drug-likeness (QED) is 0.201. The average Bonchev–Trinajstić information content (AvgIpc) is 3.08. The van der Waals surface area contributed by atoms with Gasteiger partial charge < -0.3 is 0 Å². The molecule has 8 aromatic rings. The predicted molar refractivity (Wildman–Crippen MR) is 192 cm³/mol. The first-order valence-electron chi connectivity index (χ1n) is 15.4. The normalized spacial score (nSPS) is 11.8. The molecule has 0 atom stereocenters. The molecule has 0 nitrogen and oxygen atoms in total. The second-order valence-electron chi connectivity index (χ2n) is 11.7. The summed E-state index contributed by atoms with van der Waals surface area (Å²) in [5, 5.41) is 10.2. The van der Waals surface area contributed by atoms with Crippen LogP contribution < -0.4 is 0 Å². The van der Waals surface area contributed by atoms with Gasteiger partial charge in [0.05, 0.1) is 0 Å². The van der Waals surface area contributed by atoms with E-state index in [1.807, 2.05) is 0 Å². The highest BCUT2D eigenvalue weighted by atomic mass is 14.2. The van der Waals surface area contributed by atoms with Crippen molar-refractivity contribution in [3.8, 4) is 33.4 Å². The Kier molecular flexibility index (Phi) is 6.35. The number of fused-ring (bicyclic) bond motifs is 4. The minimum Gasteiger partial charge on any atom is -0.0870 e. The summed E-state index contributed by atoms with van der Waals surface area (Å²) >= 11 is 0. The highest BCUT2D eigenvalue weighted by Gasteiger charge is 2.18. The molecule has 0 heteroatoms. The zero-order chi connectivity index (χ0) is 29.6. The van der Waals surface area contributed by atoms with Gasteiger partial charge in [0.25, 0.3) is 0 Å². The van der Waals surface area contributed by atoms with Crippen molar-refractivity contribution in [3.05, 3.63) is 163 Å². The lowest BCUT2D eigenvalue weighted by molar-refractivity contribution is 1.46. The molecule has 0 unspecified atom stereocenters. The molecule has 0 aromatic heterocycles. The van der Waals surface area contributed by atoms with Crippen LogP contribution in [0.3, 0.4) is 0 Å². The Morgan fingerprint density at radius 2 is 0.909 bits per heavy atom. The third kappa shape index (κ3) is 4.31. The van der Waals surface area contributed by atoms with Crippen LogP contribution in [0.1, 0.15) is 18.1 Å². The number of hydrogen-bond donors (Lipinski definition) is 0. The van der Waals surface area contributed by atoms with E-state index in [4.69, 9.17) is 0 Å². The van der Waals surface area contributed by atoms with Crippen LogP contribution in [0.4, 0.5) is 0 Å². The molecule has 8 rings (SSSR count). The van der Waals surface area contributed by atoms with Gasteiger partial charge in [-0.05, 0) is 120 Å². The SMILES string of the molecule is C/C=C\c1c(C)c(-c2ccc3cc(-c4cccc5ccccc45)ccc3c2)c2ccccc2c1-c1ccc2ccccc2c1. The van der Waals surface area contributed by atoms with Crippen molar-refractivity contribution in [1.82, 2.24) is 0 Å². The van der Waals surface area contributed by atoms with Gasteiger partial charge >= 0.3 is 0 Å². The van der Waals surface area contributed by atoms with E-state index in [1.165, 1.54) is 87.6 Å². The largest absolute Gasteiger partial charge is 0.0870 e. The van der Waals surface area contributed by atoms with Crippen LogP contribution in [0.5, 0.6) is 0 Å². The second kappa shape index (κ2) is 10.7. The summed E-state index contributed by atoms with van der Waals surface area (Å²) in [7, 11) is 0.